The Hall–Kier alpha value is -4.32. The first-order chi connectivity index (χ1) is 17.1. The van der Waals surface area contributed by atoms with Crippen molar-refractivity contribution >= 4 is 16.3 Å². The van der Waals surface area contributed by atoms with Gasteiger partial charge in [-0.15, -0.1) is 0 Å². The SMILES string of the molecule is COc1ccc(-c2cn3ccc4cc(OC)c(OC)cc4c3c2-c2ccc(OC)c(OC)c2)cc1. The number of fused-ring (bicyclic) bond motifs is 3. The second-order valence-electron chi connectivity index (χ2n) is 8.08. The fraction of sp³-hybridized carbons (Fsp3) is 0.172. The molecule has 0 saturated heterocycles. The summed E-state index contributed by atoms with van der Waals surface area (Å²) in [6, 6.07) is 20.2. The van der Waals surface area contributed by atoms with Gasteiger partial charge >= 0.3 is 0 Å². The maximum Gasteiger partial charge on any atom is 0.161 e. The van der Waals surface area contributed by atoms with E-state index < -0.39 is 0 Å². The largest absolute Gasteiger partial charge is 0.497 e. The zero-order valence-electron chi connectivity index (χ0n) is 20.4. The van der Waals surface area contributed by atoms with Gasteiger partial charge in [-0.2, -0.15) is 0 Å². The normalized spacial score (nSPS) is 11.0. The van der Waals surface area contributed by atoms with E-state index in [1.807, 2.05) is 36.4 Å². The fourth-order valence-corrected chi connectivity index (χ4v) is 4.59. The second-order valence-corrected chi connectivity index (χ2v) is 8.08. The molecule has 0 atom stereocenters. The lowest BCUT2D eigenvalue weighted by Gasteiger charge is -2.13. The molecule has 2 heterocycles. The van der Waals surface area contributed by atoms with Crippen LogP contribution in [0.15, 0.2) is 73.1 Å². The molecule has 178 valence electrons. The number of hydrogen-bond acceptors (Lipinski definition) is 5. The summed E-state index contributed by atoms with van der Waals surface area (Å²) in [5, 5.41) is 2.10. The van der Waals surface area contributed by atoms with E-state index in [2.05, 4.69) is 41.1 Å². The Kier molecular flexibility index (Phi) is 5.87. The minimum absolute atomic E-state index is 0.671. The van der Waals surface area contributed by atoms with Gasteiger partial charge in [-0.3, -0.25) is 0 Å². The third kappa shape index (κ3) is 3.77. The van der Waals surface area contributed by atoms with Gasteiger partial charge in [-0.1, -0.05) is 18.2 Å². The molecular formula is C29H27NO5. The average Bonchev–Trinajstić information content (AvgIpc) is 3.31. The van der Waals surface area contributed by atoms with Crippen LogP contribution in [0.25, 0.3) is 38.5 Å². The highest BCUT2D eigenvalue weighted by atomic mass is 16.5. The van der Waals surface area contributed by atoms with E-state index >= 15 is 0 Å². The standard InChI is InChI=1S/C29H27NO5/c1-31-21-9-6-18(7-10-21)23-17-30-13-12-19-14-26(34-4)27(35-5)16-22(19)29(30)28(23)20-8-11-24(32-2)25(15-20)33-3/h6-17H,1-5H3. The first-order valence-electron chi connectivity index (χ1n) is 11.2. The molecule has 0 aliphatic carbocycles. The molecule has 2 aromatic heterocycles. The van der Waals surface area contributed by atoms with E-state index in [0.717, 1.165) is 44.3 Å². The van der Waals surface area contributed by atoms with Crippen LogP contribution in [0.3, 0.4) is 0 Å². The Morgan fingerprint density at radius 1 is 0.571 bits per heavy atom. The van der Waals surface area contributed by atoms with Crippen LogP contribution < -0.4 is 23.7 Å². The fourth-order valence-electron chi connectivity index (χ4n) is 4.59. The molecule has 0 bridgehead atoms. The van der Waals surface area contributed by atoms with Crippen molar-refractivity contribution in [1.29, 1.82) is 0 Å². The van der Waals surface area contributed by atoms with Gasteiger partial charge in [0.25, 0.3) is 0 Å². The molecule has 6 heteroatoms. The number of ether oxygens (including phenoxy) is 5. The van der Waals surface area contributed by atoms with E-state index in [4.69, 9.17) is 23.7 Å². The van der Waals surface area contributed by atoms with Crippen LogP contribution >= 0.6 is 0 Å². The minimum Gasteiger partial charge on any atom is -0.497 e. The number of hydrogen-bond donors (Lipinski definition) is 0. The molecule has 0 N–H and O–H groups in total. The van der Waals surface area contributed by atoms with Crippen LogP contribution in [0.1, 0.15) is 0 Å². The van der Waals surface area contributed by atoms with Crippen LogP contribution in [0.4, 0.5) is 0 Å². The molecule has 0 saturated carbocycles. The zero-order valence-corrected chi connectivity index (χ0v) is 20.4. The molecule has 0 aliphatic rings. The molecule has 0 unspecified atom stereocenters. The number of methoxy groups -OCH3 is 5. The van der Waals surface area contributed by atoms with Gasteiger partial charge in [-0.05, 0) is 59.0 Å². The van der Waals surface area contributed by atoms with Gasteiger partial charge in [0.15, 0.2) is 23.0 Å². The van der Waals surface area contributed by atoms with E-state index in [9.17, 15) is 0 Å². The summed E-state index contributed by atoms with van der Waals surface area (Å²) in [7, 11) is 8.26. The Morgan fingerprint density at radius 3 is 1.86 bits per heavy atom. The highest BCUT2D eigenvalue weighted by Crippen LogP contribution is 2.44. The number of nitrogens with zero attached hydrogens (tertiary/aromatic N) is 1. The molecule has 0 amide bonds. The Labute approximate surface area is 204 Å². The van der Waals surface area contributed by atoms with Crippen molar-refractivity contribution in [2.24, 2.45) is 0 Å². The number of benzene rings is 3. The van der Waals surface area contributed by atoms with E-state index in [1.165, 1.54) is 0 Å². The minimum atomic E-state index is 0.671. The summed E-state index contributed by atoms with van der Waals surface area (Å²) in [5.41, 5.74) is 5.31. The summed E-state index contributed by atoms with van der Waals surface area (Å²) in [5.74, 6) is 3.54. The van der Waals surface area contributed by atoms with Crippen molar-refractivity contribution in [2.75, 3.05) is 35.5 Å². The van der Waals surface area contributed by atoms with Gasteiger partial charge in [0.1, 0.15) is 5.75 Å². The first kappa shape index (κ1) is 22.5. The highest BCUT2D eigenvalue weighted by Gasteiger charge is 2.20. The highest BCUT2D eigenvalue weighted by molar-refractivity contribution is 6.09. The summed E-state index contributed by atoms with van der Waals surface area (Å²) in [4.78, 5) is 0. The van der Waals surface area contributed by atoms with Crippen LogP contribution in [0, 0.1) is 0 Å². The van der Waals surface area contributed by atoms with Crippen molar-refractivity contribution in [3.63, 3.8) is 0 Å². The Balaban J connectivity index is 1.88. The molecule has 0 spiro atoms. The monoisotopic (exact) mass is 469 g/mol. The molecule has 3 aromatic carbocycles. The molecule has 0 aliphatic heterocycles. The maximum atomic E-state index is 5.64. The summed E-state index contributed by atoms with van der Waals surface area (Å²) in [6.07, 6.45) is 4.22. The lowest BCUT2D eigenvalue weighted by Crippen LogP contribution is -1.93. The summed E-state index contributed by atoms with van der Waals surface area (Å²) < 4.78 is 29.8. The zero-order chi connectivity index (χ0) is 24.5. The predicted octanol–water partition coefficient (Wildman–Crippen LogP) is 6.47. The van der Waals surface area contributed by atoms with E-state index in [-0.39, 0.29) is 0 Å². The number of pyridine rings is 1. The smallest absolute Gasteiger partial charge is 0.161 e. The lowest BCUT2D eigenvalue weighted by atomic mass is 9.95. The number of rotatable bonds is 7. The van der Waals surface area contributed by atoms with Crippen molar-refractivity contribution in [3.05, 3.63) is 73.1 Å². The summed E-state index contributed by atoms with van der Waals surface area (Å²) >= 11 is 0. The van der Waals surface area contributed by atoms with Crippen LogP contribution in [-0.4, -0.2) is 39.9 Å². The Bertz CT molecular complexity index is 1520. The third-order valence-electron chi connectivity index (χ3n) is 6.33. The van der Waals surface area contributed by atoms with Crippen molar-refractivity contribution < 1.29 is 23.7 Å². The van der Waals surface area contributed by atoms with E-state index in [0.29, 0.717) is 23.0 Å². The lowest BCUT2D eigenvalue weighted by molar-refractivity contribution is 0.355. The van der Waals surface area contributed by atoms with Crippen molar-refractivity contribution in [3.8, 4) is 51.0 Å². The predicted molar refractivity (Wildman–Crippen MR) is 139 cm³/mol. The summed E-state index contributed by atoms with van der Waals surface area (Å²) in [6.45, 7) is 0. The maximum absolute atomic E-state index is 5.64. The Morgan fingerprint density at radius 2 is 1.20 bits per heavy atom. The average molecular weight is 470 g/mol. The van der Waals surface area contributed by atoms with Crippen LogP contribution in [0.5, 0.6) is 28.7 Å². The molecule has 5 rings (SSSR count). The first-order valence-corrected chi connectivity index (χ1v) is 11.2. The van der Waals surface area contributed by atoms with Gasteiger partial charge < -0.3 is 28.1 Å². The molecule has 6 nitrogen and oxygen atoms in total. The van der Waals surface area contributed by atoms with Gasteiger partial charge in [0.2, 0.25) is 0 Å². The topological polar surface area (TPSA) is 50.6 Å². The molecular weight excluding hydrogens is 442 g/mol. The molecule has 0 radical (unpaired) electrons. The second kappa shape index (κ2) is 9.14. The molecule has 35 heavy (non-hydrogen) atoms. The van der Waals surface area contributed by atoms with Crippen molar-refractivity contribution in [1.82, 2.24) is 4.40 Å². The quantitative estimate of drug-likeness (QED) is 0.273. The molecule has 0 fully saturated rings. The number of aromatic nitrogens is 1. The molecule has 5 aromatic rings. The van der Waals surface area contributed by atoms with Gasteiger partial charge in [0.05, 0.1) is 41.1 Å². The van der Waals surface area contributed by atoms with Crippen molar-refractivity contribution in [2.45, 2.75) is 0 Å². The van der Waals surface area contributed by atoms with Gasteiger partial charge in [-0.25, -0.2) is 0 Å². The van der Waals surface area contributed by atoms with Crippen LogP contribution in [0.2, 0.25) is 0 Å². The van der Waals surface area contributed by atoms with E-state index in [1.54, 1.807) is 35.5 Å². The van der Waals surface area contributed by atoms with Gasteiger partial charge in [0, 0.05) is 28.9 Å². The van der Waals surface area contributed by atoms with Crippen LogP contribution in [-0.2, 0) is 0 Å². The third-order valence-corrected chi connectivity index (χ3v) is 6.33.